The van der Waals surface area contributed by atoms with E-state index in [1.807, 2.05) is 18.7 Å². The van der Waals surface area contributed by atoms with Crippen LogP contribution in [-0.4, -0.2) is 53.2 Å². The number of aromatic nitrogens is 2. The number of nitrogens with zero attached hydrogens (tertiary/aromatic N) is 4. The van der Waals surface area contributed by atoms with E-state index in [9.17, 15) is 4.79 Å². The van der Waals surface area contributed by atoms with Gasteiger partial charge >= 0.3 is 6.03 Å². The van der Waals surface area contributed by atoms with Gasteiger partial charge in [0.1, 0.15) is 0 Å². The molecule has 1 aromatic rings. The number of piperidine rings is 1. The van der Waals surface area contributed by atoms with E-state index in [1.165, 1.54) is 0 Å². The van der Waals surface area contributed by atoms with Gasteiger partial charge in [-0.3, -0.25) is 0 Å². The number of likely N-dealkylation sites (tertiary alicyclic amines) is 1. The molecule has 1 aromatic heterocycles. The van der Waals surface area contributed by atoms with E-state index in [4.69, 9.17) is 4.52 Å². The second kappa shape index (κ2) is 5.59. The van der Waals surface area contributed by atoms with E-state index >= 15 is 0 Å². The molecule has 0 bridgehead atoms. The summed E-state index contributed by atoms with van der Waals surface area (Å²) in [7, 11) is 3.55. The summed E-state index contributed by atoms with van der Waals surface area (Å²) < 4.78 is 5.34. The van der Waals surface area contributed by atoms with Gasteiger partial charge in [0.15, 0.2) is 5.82 Å². The Bertz CT molecular complexity index is 442. The lowest BCUT2D eigenvalue weighted by Crippen LogP contribution is -2.44. The van der Waals surface area contributed by atoms with Crippen LogP contribution in [0.1, 0.15) is 50.2 Å². The number of hydrogen-bond donors (Lipinski definition) is 0. The summed E-state index contributed by atoms with van der Waals surface area (Å²) in [6, 6.07) is 0.0494. The first-order valence-electron chi connectivity index (χ1n) is 6.78. The van der Waals surface area contributed by atoms with Crippen LogP contribution < -0.4 is 0 Å². The molecule has 1 saturated heterocycles. The molecule has 0 saturated carbocycles. The third kappa shape index (κ3) is 3.05. The Labute approximate surface area is 113 Å². The van der Waals surface area contributed by atoms with Crippen molar-refractivity contribution in [3.05, 3.63) is 11.7 Å². The fourth-order valence-corrected chi connectivity index (χ4v) is 2.28. The summed E-state index contributed by atoms with van der Waals surface area (Å²) in [6.07, 6.45) is 1.97. The Morgan fingerprint density at radius 2 is 2.21 bits per heavy atom. The molecule has 0 radical (unpaired) electrons. The van der Waals surface area contributed by atoms with Gasteiger partial charge in [-0.25, -0.2) is 4.79 Å². The van der Waals surface area contributed by atoms with Crippen molar-refractivity contribution >= 4 is 6.03 Å². The SMILES string of the molecule is CC(C)c1noc([C@@H]2CCCN(C(=O)N(C)C)C2)n1. The summed E-state index contributed by atoms with van der Waals surface area (Å²) in [5.74, 6) is 1.84. The van der Waals surface area contributed by atoms with Gasteiger partial charge in [0.2, 0.25) is 5.89 Å². The zero-order chi connectivity index (χ0) is 14.0. The molecule has 0 aromatic carbocycles. The average Bonchev–Trinajstić information content (AvgIpc) is 2.87. The second-order valence-corrected chi connectivity index (χ2v) is 5.61. The normalized spacial score (nSPS) is 19.8. The molecule has 1 atom stereocenters. The third-order valence-corrected chi connectivity index (χ3v) is 3.40. The van der Waals surface area contributed by atoms with Gasteiger partial charge in [-0.2, -0.15) is 4.98 Å². The summed E-state index contributed by atoms with van der Waals surface area (Å²) in [6.45, 7) is 5.55. The predicted octanol–water partition coefficient (Wildman–Crippen LogP) is 2.05. The maximum Gasteiger partial charge on any atom is 0.319 e. The van der Waals surface area contributed by atoms with Crippen LogP contribution in [0.4, 0.5) is 4.79 Å². The molecular weight excluding hydrogens is 244 g/mol. The van der Waals surface area contributed by atoms with E-state index in [0.717, 1.165) is 25.2 Å². The van der Waals surface area contributed by atoms with E-state index in [1.54, 1.807) is 19.0 Å². The monoisotopic (exact) mass is 266 g/mol. The van der Waals surface area contributed by atoms with Crippen molar-refractivity contribution in [1.82, 2.24) is 19.9 Å². The molecule has 0 unspecified atom stereocenters. The lowest BCUT2D eigenvalue weighted by atomic mass is 9.98. The van der Waals surface area contributed by atoms with Crippen LogP contribution in [0, 0.1) is 0 Å². The summed E-state index contributed by atoms with van der Waals surface area (Å²) in [5, 5.41) is 4.00. The summed E-state index contributed by atoms with van der Waals surface area (Å²) >= 11 is 0. The van der Waals surface area contributed by atoms with E-state index in [-0.39, 0.29) is 17.9 Å². The summed E-state index contributed by atoms with van der Waals surface area (Å²) in [5.41, 5.74) is 0. The molecule has 1 fully saturated rings. The molecule has 0 N–H and O–H groups in total. The molecule has 6 heteroatoms. The largest absolute Gasteiger partial charge is 0.339 e. The zero-order valence-corrected chi connectivity index (χ0v) is 12.1. The van der Waals surface area contributed by atoms with Crippen molar-refractivity contribution in [3.8, 4) is 0 Å². The van der Waals surface area contributed by atoms with Crippen molar-refractivity contribution in [3.63, 3.8) is 0 Å². The number of rotatable bonds is 2. The molecule has 1 aliphatic heterocycles. The second-order valence-electron chi connectivity index (χ2n) is 5.61. The number of amides is 2. The molecule has 2 rings (SSSR count). The van der Waals surface area contributed by atoms with Crippen molar-refractivity contribution in [2.24, 2.45) is 0 Å². The van der Waals surface area contributed by atoms with Gasteiger partial charge in [-0.1, -0.05) is 19.0 Å². The minimum Gasteiger partial charge on any atom is -0.339 e. The summed E-state index contributed by atoms with van der Waals surface area (Å²) in [4.78, 5) is 19.9. The molecule has 2 heterocycles. The first-order chi connectivity index (χ1) is 8.99. The molecule has 6 nitrogen and oxygen atoms in total. The first kappa shape index (κ1) is 13.8. The zero-order valence-electron chi connectivity index (χ0n) is 12.1. The lowest BCUT2D eigenvalue weighted by Gasteiger charge is -2.32. The number of hydrogen-bond acceptors (Lipinski definition) is 4. The van der Waals surface area contributed by atoms with Crippen LogP contribution in [0.3, 0.4) is 0 Å². The molecular formula is C13H22N4O2. The van der Waals surface area contributed by atoms with Gasteiger partial charge < -0.3 is 14.3 Å². The van der Waals surface area contributed by atoms with Crippen LogP contribution in [0.2, 0.25) is 0 Å². The van der Waals surface area contributed by atoms with Gasteiger partial charge in [-0.05, 0) is 12.8 Å². The van der Waals surface area contributed by atoms with Crippen molar-refractivity contribution in [1.29, 1.82) is 0 Å². The highest BCUT2D eigenvalue weighted by molar-refractivity contribution is 5.74. The molecule has 0 aliphatic carbocycles. The Morgan fingerprint density at radius 3 is 2.79 bits per heavy atom. The number of urea groups is 1. The highest BCUT2D eigenvalue weighted by atomic mass is 16.5. The third-order valence-electron chi connectivity index (χ3n) is 3.40. The van der Waals surface area contributed by atoms with Crippen molar-refractivity contribution in [2.75, 3.05) is 27.2 Å². The average molecular weight is 266 g/mol. The Balaban J connectivity index is 2.06. The fraction of sp³-hybridized carbons (Fsp3) is 0.769. The highest BCUT2D eigenvalue weighted by Gasteiger charge is 2.29. The van der Waals surface area contributed by atoms with E-state index < -0.39 is 0 Å². The van der Waals surface area contributed by atoms with Crippen LogP contribution >= 0.6 is 0 Å². The smallest absolute Gasteiger partial charge is 0.319 e. The molecule has 106 valence electrons. The maximum absolute atomic E-state index is 12.0. The topological polar surface area (TPSA) is 62.5 Å². The van der Waals surface area contributed by atoms with E-state index in [0.29, 0.717) is 12.4 Å². The number of carbonyl (C=O) groups is 1. The molecule has 2 amide bonds. The Morgan fingerprint density at radius 1 is 1.47 bits per heavy atom. The van der Waals surface area contributed by atoms with E-state index in [2.05, 4.69) is 10.1 Å². The minimum atomic E-state index is 0.0494. The van der Waals surface area contributed by atoms with Crippen LogP contribution in [-0.2, 0) is 0 Å². The standard InChI is InChI=1S/C13H22N4O2/c1-9(2)11-14-12(19-15-11)10-6-5-7-17(8-10)13(18)16(3)4/h9-10H,5-8H2,1-4H3/t10-/m1/s1. The van der Waals surface area contributed by atoms with Crippen LogP contribution in [0.25, 0.3) is 0 Å². The minimum absolute atomic E-state index is 0.0494. The van der Waals surface area contributed by atoms with Gasteiger partial charge in [0.25, 0.3) is 0 Å². The quantitative estimate of drug-likeness (QED) is 0.822. The van der Waals surface area contributed by atoms with Gasteiger partial charge in [0, 0.05) is 33.1 Å². The van der Waals surface area contributed by atoms with Gasteiger partial charge in [0.05, 0.1) is 5.92 Å². The van der Waals surface area contributed by atoms with Crippen molar-refractivity contribution in [2.45, 2.75) is 38.5 Å². The van der Waals surface area contributed by atoms with Gasteiger partial charge in [-0.15, -0.1) is 0 Å². The molecule has 19 heavy (non-hydrogen) atoms. The maximum atomic E-state index is 12.0. The first-order valence-corrected chi connectivity index (χ1v) is 6.78. The molecule has 1 aliphatic rings. The number of carbonyl (C=O) groups excluding carboxylic acids is 1. The molecule has 0 spiro atoms. The lowest BCUT2D eigenvalue weighted by molar-refractivity contribution is 0.149. The van der Waals surface area contributed by atoms with Crippen LogP contribution in [0.5, 0.6) is 0 Å². The highest BCUT2D eigenvalue weighted by Crippen LogP contribution is 2.27. The van der Waals surface area contributed by atoms with Crippen molar-refractivity contribution < 1.29 is 9.32 Å². The Hall–Kier alpha value is -1.59. The predicted molar refractivity (Wildman–Crippen MR) is 71.0 cm³/mol. The Kier molecular flexibility index (Phi) is 4.07. The van der Waals surface area contributed by atoms with Crippen LogP contribution in [0.15, 0.2) is 4.52 Å². The fourth-order valence-electron chi connectivity index (χ4n) is 2.28.